The fourth-order valence-corrected chi connectivity index (χ4v) is 4.60. The Bertz CT molecular complexity index is 1040. The maximum absolute atomic E-state index is 12.0. The van der Waals surface area contributed by atoms with Crippen LogP contribution in [0.3, 0.4) is 0 Å². The zero-order chi connectivity index (χ0) is 20.5. The van der Waals surface area contributed by atoms with Gasteiger partial charge >= 0.3 is 0 Å². The molecule has 0 radical (unpaired) electrons. The van der Waals surface area contributed by atoms with Crippen molar-refractivity contribution in [2.45, 2.75) is 38.6 Å². The molecule has 0 fully saturated rings. The fraction of sp³-hybridized carbons (Fsp3) is 0.421. The van der Waals surface area contributed by atoms with Crippen LogP contribution in [0.1, 0.15) is 24.3 Å². The summed E-state index contributed by atoms with van der Waals surface area (Å²) in [5.74, 6) is 1.30. The predicted octanol–water partition coefficient (Wildman–Crippen LogP) is 3.02. The summed E-state index contributed by atoms with van der Waals surface area (Å²) in [6, 6.07) is 7.69. The van der Waals surface area contributed by atoms with Gasteiger partial charge in [0.15, 0.2) is 15.7 Å². The van der Waals surface area contributed by atoms with Gasteiger partial charge in [0.1, 0.15) is 5.69 Å². The number of nitrogens with zero attached hydrogens (tertiary/aromatic N) is 5. The van der Waals surface area contributed by atoms with E-state index in [0.29, 0.717) is 18.3 Å². The van der Waals surface area contributed by atoms with Crippen LogP contribution >= 0.6 is 11.3 Å². The van der Waals surface area contributed by atoms with Crippen molar-refractivity contribution in [3.8, 4) is 11.5 Å². The third-order valence-corrected chi connectivity index (χ3v) is 7.73. The van der Waals surface area contributed by atoms with Gasteiger partial charge in [-0.25, -0.2) is 8.42 Å². The number of hydrogen-bond donors (Lipinski definition) is 0. The van der Waals surface area contributed by atoms with E-state index in [2.05, 4.69) is 21.2 Å². The van der Waals surface area contributed by atoms with Gasteiger partial charge in [0, 0.05) is 30.4 Å². The molecule has 3 rings (SSSR count). The van der Waals surface area contributed by atoms with Crippen molar-refractivity contribution in [3.63, 3.8) is 0 Å². The monoisotopic (exact) mass is 419 g/mol. The highest BCUT2D eigenvalue weighted by Crippen LogP contribution is 2.27. The van der Waals surface area contributed by atoms with E-state index in [4.69, 9.17) is 0 Å². The number of pyridine rings is 1. The highest BCUT2D eigenvalue weighted by molar-refractivity contribution is 7.91. The SMILES string of the molecule is Cc1cccnc1-c1nnc(N(C)C(C)C(C)S(C)(=O)=O)n1Cc1cccs1. The molecule has 3 aromatic rings. The van der Waals surface area contributed by atoms with Crippen LogP contribution in [0, 0.1) is 6.92 Å². The Kier molecular flexibility index (Phi) is 5.85. The van der Waals surface area contributed by atoms with Gasteiger partial charge in [-0.1, -0.05) is 12.1 Å². The van der Waals surface area contributed by atoms with Gasteiger partial charge in [-0.3, -0.25) is 9.55 Å². The Morgan fingerprint density at radius 2 is 1.96 bits per heavy atom. The minimum absolute atomic E-state index is 0.265. The molecule has 7 nitrogen and oxygen atoms in total. The first-order valence-corrected chi connectivity index (χ1v) is 11.8. The van der Waals surface area contributed by atoms with Crippen LogP contribution in [0.4, 0.5) is 5.95 Å². The fourth-order valence-electron chi connectivity index (χ4n) is 3.01. The van der Waals surface area contributed by atoms with Crippen LogP contribution in [0.2, 0.25) is 0 Å². The number of hydrogen-bond acceptors (Lipinski definition) is 7. The highest BCUT2D eigenvalue weighted by Gasteiger charge is 2.29. The molecule has 28 heavy (non-hydrogen) atoms. The lowest BCUT2D eigenvalue weighted by Gasteiger charge is -2.29. The van der Waals surface area contributed by atoms with E-state index in [1.807, 2.05) is 53.9 Å². The standard InChI is InChI=1S/C19H25N5O2S2/c1-13-8-6-10-20-17(13)18-21-22-19(24(18)12-16-9-7-11-27-16)23(4)14(2)15(3)28(5,25)26/h6-11,14-15H,12H2,1-5H3. The van der Waals surface area contributed by atoms with Crippen LogP contribution in [0.25, 0.3) is 11.5 Å². The second-order valence-electron chi connectivity index (χ2n) is 7.04. The molecule has 3 aromatic heterocycles. The predicted molar refractivity (Wildman–Crippen MR) is 114 cm³/mol. The van der Waals surface area contributed by atoms with Crippen molar-refractivity contribution in [2.75, 3.05) is 18.2 Å². The van der Waals surface area contributed by atoms with Crippen molar-refractivity contribution >= 4 is 27.1 Å². The lowest BCUT2D eigenvalue weighted by atomic mass is 10.2. The van der Waals surface area contributed by atoms with E-state index in [9.17, 15) is 8.42 Å². The summed E-state index contributed by atoms with van der Waals surface area (Å²) in [6.07, 6.45) is 3.01. The van der Waals surface area contributed by atoms with Gasteiger partial charge < -0.3 is 4.90 Å². The topological polar surface area (TPSA) is 81.0 Å². The van der Waals surface area contributed by atoms with Crippen molar-refractivity contribution < 1.29 is 8.42 Å². The molecule has 0 bridgehead atoms. The summed E-state index contributed by atoms with van der Waals surface area (Å²) >= 11 is 1.66. The molecule has 0 aliphatic rings. The molecular weight excluding hydrogens is 394 g/mol. The smallest absolute Gasteiger partial charge is 0.227 e. The second kappa shape index (κ2) is 8.00. The normalized spacial score (nSPS) is 14.0. The van der Waals surface area contributed by atoms with Crippen molar-refractivity contribution in [2.24, 2.45) is 0 Å². The quantitative estimate of drug-likeness (QED) is 0.586. The molecular formula is C19H25N5O2S2. The summed E-state index contributed by atoms with van der Waals surface area (Å²) in [5.41, 5.74) is 1.78. The molecule has 2 atom stereocenters. The minimum atomic E-state index is -3.18. The average Bonchev–Trinajstić information content (AvgIpc) is 3.30. The van der Waals surface area contributed by atoms with E-state index in [-0.39, 0.29) is 6.04 Å². The molecule has 3 heterocycles. The molecule has 0 N–H and O–H groups in total. The van der Waals surface area contributed by atoms with Crippen molar-refractivity contribution in [3.05, 3.63) is 46.3 Å². The molecule has 0 saturated heterocycles. The van der Waals surface area contributed by atoms with E-state index < -0.39 is 15.1 Å². The van der Waals surface area contributed by atoms with Crippen LogP contribution < -0.4 is 4.90 Å². The first-order chi connectivity index (χ1) is 13.2. The zero-order valence-electron chi connectivity index (χ0n) is 16.7. The largest absolute Gasteiger partial charge is 0.340 e. The summed E-state index contributed by atoms with van der Waals surface area (Å²) in [6.45, 7) is 6.20. The molecule has 0 aliphatic carbocycles. The molecule has 0 spiro atoms. The first kappa shape index (κ1) is 20.5. The molecule has 0 aliphatic heterocycles. The summed E-state index contributed by atoms with van der Waals surface area (Å²) in [7, 11) is -1.32. The number of thiophene rings is 1. The maximum Gasteiger partial charge on any atom is 0.227 e. The van der Waals surface area contributed by atoms with E-state index >= 15 is 0 Å². The van der Waals surface area contributed by atoms with Crippen LogP contribution in [-0.2, 0) is 16.4 Å². The van der Waals surface area contributed by atoms with Crippen LogP contribution in [0.5, 0.6) is 0 Å². The number of aryl methyl sites for hydroxylation is 1. The molecule has 0 saturated carbocycles. The van der Waals surface area contributed by atoms with Gasteiger partial charge in [-0.2, -0.15) is 0 Å². The Morgan fingerprint density at radius 1 is 1.21 bits per heavy atom. The Labute approximate surface area is 170 Å². The van der Waals surface area contributed by atoms with Crippen LogP contribution in [0.15, 0.2) is 35.8 Å². The Hall–Kier alpha value is -2.26. The van der Waals surface area contributed by atoms with Crippen LogP contribution in [-0.4, -0.2) is 52.8 Å². The van der Waals surface area contributed by atoms with Crippen molar-refractivity contribution in [1.29, 1.82) is 0 Å². The Morgan fingerprint density at radius 3 is 2.57 bits per heavy atom. The van der Waals surface area contributed by atoms with Gasteiger partial charge in [0.25, 0.3) is 0 Å². The van der Waals surface area contributed by atoms with Gasteiger partial charge in [-0.15, -0.1) is 21.5 Å². The van der Waals surface area contributed by atoms with Crippen molar-refractivity contribution in [1.82, 2.24) is 19.7 Å². The summed E-state index contributed by atoms with van der Waals surface area (Å²) in [4.78, 5) is 7.54. The minimum Gasteiger partial charge on any atom is -0.340 e. The van der Waals surface area contributed by atoms with E-state index in [1.165, 1.54) is 6.26 Å². The van der Waals surface area contributed by atoms with Gasteiger partial charge in [-0.05, 0) is 43.8 Å². The number of aromatic nitrogens is 4. The number of rotatable bonds is 7. The highest BCUT2D eigenvalue weighted by atomic mass is 32.2. The van der Waals surface area contributed by atoms with E-state index in [1.54, 1.807) is 24.5 Å². The average molecular weight is 420 g/mol. The summed E-state index contributed by atoms with van der Waals surface area (Å²) in [5, 5.41) is 10.3. The third kappa shape index (κ3) is 4.10. The lowest BCUT2D eigenvalue weighted by molar-refractivity contribution is 0.561. The Balaban J connectivity index is 2.07. The number of sulfone groups is 1. The first-order valence-electron chi connectivity index (χ1n) is 8.99. The second-order valence-corrected chi connectivity index (χ2v) is 10.5. The maximum atomic E-state index is 12.0. The molecule has 2 unspecified atom stereocenters. The molecule has 0 amide bonds. The van der Waals surface area contributed by atoms with E-state index in [0.717, 1.165) is 16.1 Å². The van der Waals surface area contributed by atoms with Gasteiger partial charge in [0.05, 0.1) is 11.8 Å². The molecule has 0 aromatic carbocycles. The van der Waals surface area contributed by atoms with Gasteiger partial charge in [0.2, 0.25) is 5.95 Å². The summed E-state index contributed by atoms with van der Waals surface area (Å²) < 4.78 is 26.1. The molecule has 150 valence electrons. The zero-order valence-corrected chi connectivity index (χ0v) is 18.3. The number of anilines is 1. The molecule has 9 heteroatoms. The third-order valence-electron chi connectivity index (χ3n) is 5.13. The lowest BCUT2D eigenvalue weighted by Crippen LogP contribution is -2.42.